The number of methoxy groups -OCH3 is 2. The van der Waals surface area contributed by atoms with Crippen molar-refractivity contribution in [3.63, 3.8) is 0 Å². The number of nitro groups is 1. The van der Waals surface area contributed by atoms with Gasteiger partial charge in [-0.1, -0.05) is 18.2 Å². The van der Waals surface area contributed by atoms with Crippen LogP contribution in [0.4, 0.5) is 11.4 Å². The molecular formula is C23H23N3O7S. The highest BCUT2D eigenvalue weighted by molar-refractivity contribution is 7.92. The fourth-order valence-electron chi connectivity index (χ4n) is 3.22. The van der Waals surface area contributed by atoms with Crippen LogP contribution in [-0.4, -0.2) is 40.0 Å². The Kier molecular flexibility index (Phi) is 7.69. The van der Waals surface area contributed by atoms with Crippen LogP contribution in [0.3, 0.4) is 0 Å². The molecule has 10 nitrogen and oxygen atoms in total. The Morgan fingerprint density at radius 1 is 1.00 bits per heavy atom. The zero-order valence-electron chi connectivity index (χ0n) is 18.5. The summed E-state index contributed by atoms with van der Waals surface area (Å²) in [5.74, 6) is 0.822. The second kappa shape index (κ2) is 10.7. The van der Waals surface area contributed by atoms with E-state index in [1.807, 2.05) is 6.07 Å². The molecule has 0 aliphatic carbocycles. The molecule has 0 aromatic heterocycles. The van der Waals surface area contributed by atoms with Crippen molar-refractivity contribution in [3.05, 3.63) is 88.0 Å². The van der Waals surface area contributed by atoms with E-state index < -0.39 is 20.9 Å². The van der Waals surface area contributed by atoms with Crippen LogP contribution < -0.4 is 19.5 Å². The number of carbonyl (C=O) groups is 1. The molecule has 0 fully saturated rings. The molecule has 0 bridgehead atoms. The number of nitro benzene ring substituents is 1. The van der Waals surface area contributed by atoms with Crippen molar-refractivity contribution < 1.29 is 27.6 Å². The fraction of sp³-hybridized carbons (Fsp3) is 0.174. The fourth-order valence-corrected chi connectivity index (χ4v) is 4.34. The van der Waals surface area contributed by atoms with Crippen LogP contribution in [0, 0.1) is 10.1 Å². The number of ether oxygens (including phenoxy) is 2. The Morgan fingerprint density at radius 2 is 1.76 bits per heavy atom. The predicted octanol–water partition coefficient (Wildman–Crippen LogP) is 3.39. The molecule has 0 saturated carbocycles. The Labute approximate surface area is 196 Å². The summed E-state index contributed by atoms with van der Waals surface area (Å²) in [5, 5.41) is 13.8. The van der Waals surface area contributed by atoms with Crippen molar-refractivity contribution in [2.45, 2.75) is 11.3 Å². The van der Waals surface area contributed by atoms with Gasteiger partial charge in [-0.2, -0.15) is 0 Å². The molecule has 0 radical (unpaired) electrons. The Balaban J connectivity index is 1.74. The third-order valence-electron chi connectivity index (χ3n) is 4.92. The SMILES string of the molecule is COc1ccc(OC)c(CCNC(=O)c2ccccc2NS(=O)(=O)c2cccc([N+](=O)[O-])c2)c1. The van der Waals surface area contributed by atoms with Gasteiger partial charge in [0.15, 0.2) is 0 Å². The summed E-state index contributed by atoms with van der Waals surface area (Å²) in [6.07, 6.45) is 0.452. The van der Waals surface area contributed by atoms with Crippen LogP contribution in [0.2, 0.25) is 0 Å². The summed E-state index contributed by atoms with van der Waals surface area (Å²) in [5.41, 5.74) is 0.628. The van der Waals surface area contributed by atoms with Crippen LogP contribution in [0.15, 0.2) is 71.6 Å². The number of non-ortho nitro benzene ring substituents is 1. The zero-order valence-corrected chi connectivity index (χ0v) is 19.3. The number of anilines is 1. The van der Waals surface area contributed by atoms with Crippen molar-refractivity contribution in [2.24, 2.45) is 0 Å². The zero-order chi connectivity index (χ0) is 24.7. The van der Waals surface area contributed by atoms with Crippen LogP contribution in [-0.2, 0) is 16.4 Å². The molecule has 0 aliphatic heterocycles. The summed E-state index contributed by atoms with van der Waals surface area (Å²) in [6, 6.07) is 16.1. The first kappa shape index (κ1) is 24.5. The highest BCUT2D eigenvalue weighted by Gasteiger charge is 2.21. The van der Waals surface area contributed by atoms with Gasteiger partial charge in [0.2, 0.25) is 0 Å². The predicted molar refractivity (Wildman–Crippen MR) is 126 cm³/mol. The average Bonchev–Trinajstić information content (AvgIpc) is 2.84. The van der Waals surface area contributed by atoms with Gasteiger partial charge in [-0.15, -0.1) is 0 Å². The monoisotopic (exact) mass is 485 g/mol. The van der Waals surface area contributed by atoms with Crippen molar-refractivity contribution in [3.8, 4) is 11.5 Å². The first-order valence-corrected chi connectivity index (χ1v) is 11.6. The maximum Gasteiger partial charge on any atom is 0.270 e. The van der Waals surface area contributed by atoms with Gasteiger partial charge in [-0.3, -0.25) is 19.6 Å². The molecule has 11 heteroatoms. The molecule has 0 unspecified atom stereocenters. The van der Waals surface area contributed by atoms with E-state index in [0.717, 1.165) is 11.6 Å². The minimum atomic E-state index is -4.17. The maximum atomic E-state index is 12.8. The summed E-state index contributed by atoms with van der Waals surface area (Å²) in [7, 11) is -1.07. The molecule has 0 spiro atoms. The Hall–Kier alpha value is -4.12. The van der Waals surface area contributed by atoms with Gasteiger partial charge in [0.25, 0.3) is 21.6 Å². The number of hydrogen-bond acceptors (Lipinski definition) is 7. The van der Waals surface area contributed by atoms with E-state index in [-0.39, 0.29) is 28.4 Å². The minimum absolute atomic E-state index is 0.0467. The molecule has 1 amide bonds. The second-order valence-electron chi connectivity index (χ2n) is 7.09. The molecule has 0 atom stereocenters. The number of amides is 1. The number of benzene rings is 3. The van der Waals surface area contributed by atoms with E-state index in [1.165, 1.54) is 30.3 Å². The number of sulfonamides is 1. The van der Waals surface area contributed by atoms with Gasteiger partial charge in [0.1, 0.15) is 11.5 Å². The third kappa shape index (κ3) is 5.81. The first-order valence-electron chi connectivity index (χ1n) is 10.1. The topological polar surface area (TPSA) is 137 Å². The van der Waals surface area contributed by atoms with Gasteiger partial charge in [-0.25, -0.2) is 8.42 Å². The number of para-hydroxylation sites is 1. The van der Waals surface area contributed by atoms with E-state index in [4.69, 9.17) is 9.47 Å². The van der Waals surface area contributed by atoms with Gasteiger partial charge >= 0.3 is 0 Å². The van der Waals surface area contributed by atoms with Crippen molar-refractivity contribution in [1.29, 1.82) is 0 Å². The van der Waals surface area contributed by atoms with E-state index >= 15 is 0 Å². The third-order valence-corrected chi connectivity index (χ3v) is 6.29. The summed E-state index contributed by atoms with van der Waals surface area (Å²) < 4.78 is 38.5. The van der Waals surface area contributed by atoms with E-state index in [9.17, 15) is 23.3 Å². The normalized spacial score (nSPS) is 10.9. The molecule has 3 aromatic rings. The van der Waals surface area contributed by atoms with E-state index in [1.54, 1.807) is 38.5 Å². The van der Waals surface area contributed by atoms with Gasteiger partial charge in [0, 0.05) is 18.7 Å². The van der Waals surface area contributed by atoms with E-state index in [0.29, 0.717) is 17.9 Å². The van der Waals surface area contributed by atoms with Gasteiger partial charge < -0.3 is 14.8 Å². The molecule has 178 valence electrons. The summed E-state index contributed by atoms with van der Waals surface area (Å²) >= 11 is 0. The lowest BCUT2D eigenvalue weighted by Crippen LogP contribution is -2.27. The second-order valence-corrected chi connectivity index (χ2v) is 8.77. The molecule has 0 saturated heterocycles. The minimum Gasteiger partial charge on any atom is -0.497 e. The van der Waals surface area contributed by atoms with Crippen molar-refractivity contribution >= 4 is 27.3 Å². The standard InChI is InChI=1S/C23H23N3O7S/c1-32-18-10-11-22(33-2)16(14-18)12-13-24-23(27)20-8-3-4-9-21(20)25-34(30,31)19-7-5-6-17(15-19)26(28)29/h3-11,14-15,25H,12-13H2,1-2H3,(H,24,27). The molecule has 3 rings (SSSR count). The van der Waals surface area contributed by atoms with Crippen LogP contribution in [0.1, 0.15) is 15.9 Å². The summed E-state index contributed by atoms with van der Waals surface area (Å²) in [6.45, 7) is 0.258. The van der Waals surface area contributed by atoms with Crippen LogP contribution in [0.5, 0.6) is 11.5 Å². The average molecular weight is 486 g/mol. The van der Waals surface area contributed by atoms with Gasteiger partial charge in [0.05, 0.1) is 35.3 Å². The summed E-state index contributed by atoms with van der Waals surface area (Å²) in [4.78, 5) is 22.8. The maximum absolute atomic E-state index is 12.8. The lowest BCUT2D eigenvalue weighted by molar-refractivity contribution is -0.385. The van der Waals surface area contributed by atoms with Crippen molar-refractivity contribution in [1.82, 2.24) is 5.32 Å². The highest BCUT2D eigenvalue weighted by Crippen LogP contribution is 2.25. The van der Waals surface area contributed by atoms with E-state index in [2.05, 4.69) is 10.0 Å². The molecular weight excluding hydrogens is 462 g/mol. The lowest BCUT2D eigenvalue weighted by atomic mass is 10.1. The number of rotatable bonds is 10. The number of nitrogens with one attached hydrogen (secondary N) is 2. The molecule has 0 aliphatic rings. The number of carbonyl (C=O) groups excluding carboxylic acids is 1. The van der Waals surface area contributed by atoms with Crippen LogP contribution >= 0.6 is 0 Å². The number of nitrogens with zero attached hydrogens (tertiary/aromatic N) is 1. The molecule has 3 aromatic carbocycles. The largest absolute Gasteiger partial charge is 0.497 e. The smallest absolute Gasteiger partial charge is 0.270 e. The molecule has 2 N–H and O–H groups in total. The molecule has 34 heavy (non-hydrogen) atoms. The highest BCUT2D eigenvalue weighted by atomic mass is 32.2. The number of hydrogen-bond donors (Lipinski definition) is 2. The van der Waals surface area contributed by atoms with Crippen LogP contribution in [0.25, 0.3) is 0 Å². The van der Waals surface area contributed by atoms with Crippen molar-refractivity contribution in [2.75, 3.05) is 25.5 Å². The Morgan fingerprint density at radius 3 is 2.47 bits per heavy atom. The quantitative estimate of drug-likeness (QED) is 0.332. The lowest BCUT2D eigenvalue weighted by Gasteiger charge is -2.14. The molecule has 0 heterocycles. The first-order chi connectivity index (χ1) is 16.2. The Bertz CT molecular complexity index is 1310. The van der Waals surface area contributed by atoms with Gasteiger partial charge in [-0.05, 0) is 48.4 Å².